The van der Waals surface area contributed by atoms with E-state index in [0.29, 0.717) is 18.5 Å². The second-order valence-corrected chi connectivity index (χ2v) is 6.87. The summed E-state index contributed by atoms with van der Waals surface area (Å²) in [6, 6.07) is 0.229. The van der Waals surface area contributed by atoms with Crippen LogP contribution in [0.25, 0.3) is 0 Å². The third-order valence-electron chi connectivity index (χ3n) is 4.83. The Balaban J connectivity index is 1.59. The quantitative estimate of drug-likeness (QED) is 0.668. The van der Waals surface area contributed by atoms with Crippen molar-refractivity contribution in [3.05, 3.63) is 0 Å². The van der Waals surface area contributed by atoms with Gasteiger partial charge >= 0.3 is 6.03 Å². The maximum absolute atomic E-state index is 11.9. The number of urea groups is 1. The first-order chi connectivity index (χ1) is 10.2. The van der Waals surface area contributed by atoms with E-state index in [1.807, 2.05) is 6.92 Å². The molecule has 2 fully saturated rings. The summed E-state index contributed by atoms with van der Waals surface area (Å²) in [5.41, 5.74) is 0. The van der Waals surface area contributed by atoms with Crippen molar-refractivity contribution in [3.8, 4) is 0 Å². The zero-order chi connectivity index (χ0) is 15.1. The van der Waals surface area contributed by atoms with Crippen molar-refractivity contribution in [2.75, 3.05) is 32.8 Å². The van der Waals surface area contributed by atoms with Crippen molar-refractivity contribution in [3.63, 3.8) is 0 Å². The van der Waals surface area contributed by atoms with Crippen LogP contribution < -0.4 is 10.6 Å². The Labute approximate surface area is 128 Å². The third kappa shape index (κ3) is 5.83. The van der Waals surface area contributed by atoms with Gasteiger partial charge in [-0.15, -0.1) is 0 Å². The minimum Gasteiger partial charge on any atom is -0.396 e. The summed E-state index contributed by atoms with van der Waals surface area (Å²) in [6.07, 6.45) is 7.37. The highest BCUT2D eigenvalue weighted by Crippen LogP contribution is 2.26. The van der Waals surface area contributed by atoms with Crippen LogP contribution in [0, 0.1) is 11.8 Å². The number of hydrogen-bond acceptors (Lipinski definition) is 3. The van der Waals surface area contributed by atoms with E-state index in [9.17, 15) is 4.79 Å². The number of carbonyl (C=O) groups excluding carboxylic acids is 1. The molecule has 122 valence electrons. The van der Waals surface area contributed by atoms with Crippen molar-refractivity contribution in [1.29, 1.82) is 0 Å². The largest absolute Gasteiger partial charge is 0.396 e. The van der Waals surface area contributed by atoms with Gasteiger partial charge in [0.15, 0.2) is 0 Å². The number of aliphatic hydroxyl groups is 1. The molecule has 0 bridgehead atoms. The number of likely N-dealkylation sites (tertiary alicyclic amines) is 1. The maximum atomic E-state index is 11.9. The fraction of sp³-hybridized carbons (Fsp3) is 0.938. The summed E-state index contributed by atoms with van der Waals surface area (Å²) >= 11 is 0. The first kappa shape index (κ1) is 16.6. The summed E-state index contributed by atoms with van der Waals surface area (Å²) in [5.74, 6) is 1.21. The Bertz CT molecular complexity index is 319. The normalized spacial score (nSPS) is 25.1. The van der Waals surface area contributed by atoms with E-state index in [1.54, 1.807) is 0 Å². The Morgan fingerprint density at radius 3 is 2.81 bits per heavy atom. The molecule has 5 heteroatoms. The number of carbonyl (C=O) groups is 1. The molecule has 0 spiro atoms. The molecule has 21 heavy (non-hydrogen) atoms. The Hall–Kier alpha value is -0.810. The molecule has 1 aliphatic carbocycles. The van der Waals surface area contributed by atoms with Crippen molar-refractivity contribution in [1.82, 2.24) is 15.5 Å². The minimum absolute atomic E-state index is 0.0625. The molecule has 1 saturated carbocycles. The van der Waals surface area contributed by atoms with Gasteiger partial charge in [-0.25, -0.2) is 4.79 Å². The highest BCUT2D eigenvalue weighted by Gasteiger charge is 2.26. The lowest BCUT2D eigenvalue weighted by Crippen LogP contribution is -2.44. The first-order valence-electron chi connectivity index (χ1n) is 8.55. The number of hydrogen-bond donors (Lipinski definition) is 3. The zero-order valence-corrected chi connectivity index (χ0v) is 13.3. The fourth-order valence-electron chi connectivity index (χ4n) is 3.50. The van der Waals surface area contributed by atoms with Crippen molar-refractivity contribution < 1.29 is 9.90 Å². The summed E-state index contributed by atoms with van der Waals surface area (Å²) in [7, 11) is 0. The van der Waals surface area contributed by atoms with E-state index >= 15 is 0 Å². The lowest BCUT2D eigenvalue weighted by atomic mass is 10.1. The zero-order valence-electron chi connectivity index (χ0n) is 13.3. The summed E-state index contributed by atoms with van der Waals surface area (Å²) in [6.45, 7) is 6.18. The molecule has 1 aliphatic heterocycles. The smallest absolute Gasteiger partial charge is 0.315 e. The monoisotopic (exact) mass is 297 g/mol. The molecule has 1 saturated heterocycles. The van der Waals surface area contributed by atoms with Gasteiger partial charge in [-0.05, 0) is 37.5 Å². The first-order valence-corrected chi connectivity index (χ1v) is 8.55. The van der Waals surface area contributed by atoms with Gasteiger partial charge in [0, 0.05) is 38.8 Å². The van der Waals surface area contributed by atoms with E-state index in [1.165, 1.54) is 32.2 Å². The molecule has 1 heterocycles. The van der Waals surface area contributed by atoms with E-state index in [0.717, 1.165) is 31.8 Å². The van der Waals surface area contributed by atoms with Gasteiger partial charge in [-0.2, -0.15) is 0 Å². The van der Waals surface area contributed by atoms with Gasteiger partial charge < -0.3 is 20.6 Å². The fourth-order valence-corrected chi connectivity index (χ4v) is 3.50. The third-order valence-corrected chi connectivity index (χ3v) is 4.83. The lowest BCUT2D eigenvalue weighted by molar-refractivity contribution is 0.229. The molecule has 0 aromatic rings. The Morgan fingerprint density at radius 1 is 1.33 bits per heavy atom. The number of amides is 2. The molecule has 2 atom stereocenters. The molecule has 5 nitrogen and oxygen atoms in total. The van der Waals surface area contributed by atoms with Crippen LogP contribution in [0.15, 0.2) is 0 Å². The Kier molecular flexibility index (Phi) is 6.77. The molecule has 2 aliphatic rings. The number of nitrogens with one attached hydrogen (secondary N) is 2. The van der Waals surface area contributed by atoms with Gasteiger partial charge in [-0.1, -0.05) is 19.8 Å². The molecular weight excluding hydrogens is 266 g/mol. The number of aliphatic hydroxyl groups excluding tert-OH is 1. The molecule has 0 aromatic carbocycles. The van der Waals surface area contributed by atoms with Crippen molar-refractivity contribution in [2.24, 2.45) is 11.8 Å². The highest BCUT2D eigenvalue weighted by atomic mass is 16.3. The van der Waals surface area contributed by atoms with E-state index < -0.39 is 0 Å². The molecular formula is C16H31N3O2. The predicted octanol–water partition coefficient (Wildman–Crippen LogP) is 1.57. The average molecular weight is 297 g/mol. The molecule has 0 aromatic heterocycles. The Morgan fingerprint density at radius 2 is 2.10 bits per heavy atom. The standard InChI is InChI=1S/C16H31N3O2/c1-13(7-9-20)10-17-16(21)18-15-6-8-19(12-15)11-14-4-2-3-5-14/h13-15,20H,2-12H2,1H3,(H2,17,18,21). The average Bonchev–Trinajstić information content (AvgIpc) is 3.10. The second-order valence-electron chi connectivity index (χ2n) is 6.87. The SMILES string of the molecule is CC(CCO)CNC(=O)NC1CCN(CC2CCCC2)C1. The van der Waals surface area contributed by atoms with Crippen LogP contribution in [-0.2, 0) is 0 Å². The molecule has 2 unspecified atom stereocenters. The van der Waals surface area contributed by atoms with Gasteiger partial charge in [0.05, 0.1) is 0 Å². The predicted molar refractivity (Wildman–Crippen MR) is 84.2 cm³/mol. The highest BCUT2D eigenvalue weighted by molar-refractivity contribution is 5.74. The number of nitrogens with zero attached hydrogens (tertiary/aromatic N) is 1. The minimum atomic E-state index is -0.0625. The van der Waals surface area contributed by atoms with E-state index in [4.69, 9.17) is 5.11 Å². The van der Waals surface area contributed by atoms with Gasteiger partial charge in [0.2, 0.25) is 0 Å². The van der Waals surface area contributed by atoms with Crippen molar-refractivity contribution in [2.45, 2.75) is 51.5 Å². The molecule has 3 N–H and O–H groups in total. The van der Waals surface area contributed by atoms with Gasteiger partial charge in [0.25, 0.3) is 0 Å². The summed E-state index contributed by atoms with van der Waals surface area (Å²) in [4.78, 5) is 14.4. The van der Waals surface area contributed by atoms with Crippen LogP contribution in [0.5, 0.6) is 0 Å². The van der Waals surface area contributed by atoms with E-state index in [2.05, 4.69) is 15.5 Å². The number of rotatable bonds is 7. The van der Waals surface area contributed by atoms with Gasteiger partial charge in [-0.3, -0.25) is 0 Å². The van der Waals surface area contributed by atoms with E-state index in [-0.39, 0.29) is 12.6 Å². The topological polar surface area (TPSA) is 64.6 Å². The molecule has 2 amide bonds. The van der Waals surface area contributed by atoms with Crippen LogP contribution >= 0.6 is 0 Å². The van der Waals surface area contributed by atoms with Crippen LogP contribution in [0.4, 0.5) is 4.79 Å². The van der Waals surface area contributed by atoms with Crippen LogP contribution in [0.2, 0.25) is 0 Å². The van der Waals surface area contributed by atoms with Crippen LogP contribution in [0.1, 0.15) is 45.4 Å². The molecule has 2 rings (SSSR count). The maximum Gasteiger partial charge on any atom is 0.315 e. The summed E-state index contributed by atoms with van der Waals surface area (Å²) < 4.78 is 0. The van der Waals surface area contributed by atoms with Crippen LogP contribution in [-0.4, -0.2) is 54.9 Å². The molecule has 0 radical (unpaired) electrons. The van der Waals surface area contributed by atoms with Crippen molar-refractivity contribution >= 4 is 6.03 Å². The summed E-state index contributed by atoms with van der Waals surface area (Å²) in [5, 5.41) is 14.8. The second kappa shape index (κ2) is 8.59. The van der Waals surface area contributed by atoms with Crippen LogP contribution in [0.3, 0.4) is 0 Å². The lowest BCUT2D eigenvalue weighted by Gasteiger charge is -2.20. The van der Waals surface area contributed by atoms with Gasteiger partial charge in [0.1, 0.15) is 0 Å².